The molecular formula is C14H19N3O. The molecule has 4 heteroatoms. The Kier molecular flexibility index (Phi) is 4.93. The number of rotatable bonds is 7. The number of aliphatic hydroxyl groups excluding tert-OH is 1. The van der Waals surface area contributed by atoms with E-state index in [-0.39, 0.29) is 0 Å². The summed E-state index contributed by atoms with van der Waals surface area (Å²) >= 11 is 0. The van der Waals surface area contributed by atoms with E-state index in [0.717, 1.165) is 13.0 Å². The molecule has 0 saturated carbocycles. The highest BCUT2D eigenvalue weighted by Gasteiger charge is 2.04. The molecule has 1 aromatic heterocycles. The molecule has 1 atom stereocenters. The van der Waals surface area contributed by atoms with Gasteiger partial charge in [-0.25, -0.2) is 0 Å². The topological polar surface area (TPSA) is 50.1 Å². The van der Waals surface area contributed by atoms with Gasteiger partial charge in [-0.2, -0.15) is 5.10 Å². The molecule has 0 bridgehead atoms. The standard InChI is InChI=1S/C14H19N3O/c18-14(12-17-10-4-8-16-17)11-15-9-7-13-5-2-1-3-6-13/h1-6,8,10,14-15,18H,7,9,11-12H2. The zero-order valence-corrected chi connectivity index (χ0v) is 10.4. The Morgan fingerprint density at radius 2 is 2.06 bits per heavy atom. The number of benzene rings is 1. The average molecular weight is 245 g/mol. The molecule has 0 aliphatic carbocycles. The molecule has 1 aromatic carbocycles. The first-order valence-corrected chi connectivity index (χ1v) is 6.25. The van der Waals surface area contributed by atoms with Crippen molar-refractivity contribution in [3.63, 3.8) is 0 Å². The van der Waals surface area contributed by atoms with Gasteiger partial charge in [-0.15, -0.1) is 0 Å². The summed E-state index contributed by atoms with van der Waals surface area (Å²) in [5.74, 6) is 0. The lowest BCUT2D eigenvalue weighted by Crippen LogP contribution is -2.31. The maximum absolute atomic E-state index is 9.79. The predicted octanol–water partition coefficient (Wildman–Crippen LogP) is 1.08. The first-order valence-electron chi connectivity index (χ1n) is 6.25. The first-order chi connectivity index (χ1) is 8.84. The summed E-state index contributed by atoms with van der Waals surface area (Å²) < 4.78 is 1.74. The Morgan fingerprint density at radius 3 is 2.78 bits per heavy atom. The summed E-state index contributed by atoms with van der Waals surface area (Å²) in [6, 6.07) is 12.2. The molecule has 4 nitrogen and oxygen atoms in total. The van der Waals surface area contributed by atoms with Gasteiger partial charge in [0.2, 0.25) is 0 Å². The second kappa shape index (κ2) is 6.93. The smallest absolute Gasteiger partial charge is 0.0860 e. The maximum atomic E-state index is 9.79. The van der Waals surface area contributed by atoms with E-state index in [2.05, 4.69) is 22.5 Å². The largest absolute Gasteiger partial charge is 0.390 e. The van der Waals surface area contributed by atoms with Gasteiger partial charge in [0.25, 0.3) is 0 Å². The van der Waals surface area contributed by atoms with Crippen molar-refractivity contribution in [3.05, 3.63) is 54.4 Å². The quantitative estimate of drug-likeness (QED) is 0.718. The number of nitrogens with one attached hydrogen (secondary N) is 1. The fourth-order valence-electron chi connectivity index (χ4n) is 1.83. The third-order valence-corrected chi connectivity index (χ3v) is 2.77. The van der Waals surface area contributed by atoms with Gasteiger partial charge in [0.05, 0.1) is 12.6 Å². The third kappa shape index (κ3) is 4.31. The molecule has 0 spiro atoms. The lowest BCUT2D eigenvalue weighted by atomic mass is 10.1. The molecule has 1 unspecified atom stereocenters. The van der Waals surface area contributed by atoms with Crippen LogP contribution < -0.4 is 5.32 Å². The Bertz CT molecular complexity index is 428. The number of aliphatic hydroxyl groups is 1. The third-order valence-electron chi connectivity index (χ3n) is 2.77. The molecule has 0 aliphatic heterocycles. The van der Waals surface area contributed by atoms with Gasteiger partial charge in [0.15, 0.2) is 0 Å². The van der Waals surface area contributed by atoms with Crippen molar-refractivity contribution in [1.82, 2.24) is 15.1 Å². The molecule has 18 heavy (non-hydrogen) atoms. The minimum Gasteiger partial charge on any atom is -0.390 e. The van der Waals surface area contributed by atoms with Crippen LogP contribution in [-0.4, -0.2) is 34.1 Å². The van der Waals surface area contributed by atoms with Crippen molar-refractivity contribution in [3.8, 4) is 0 Å². The van der Waals surface area contributed by atoms with E-state index in [1.54, 1.807) is 10.9 Å². The van der Waals surface area contributed by atoms with E-state index in [4.69, 9.17) is 0 Å². The van der Waals surface area contributed by atoms with Gasteiger partial charge in [-0.3, -0.25) is 4.68 Å². The summed E-state index contributed by atoms with van der Waals surface area (Å²) in [5.41, 5.74) is 1.31. The molecule has 0 radical (unpaired) electrons. The molecule has 0 aliphatic rings. The Hall–Kier alpha value is -1.65. The van der Waals surface area contributed by atoms with Gasteiger partial charge < -0.3 is 10.4 Å². The van der Waals surface area contributed by atoms with Crippen LogP contribution in [0.3, 0.4) is 0 Å². The zero-order chi connectivity index (χ0) is 12.6. The van der Waals surface area contributed by atoms with Crippen LogP contribution in [0.25, 0.3) is 0 Å². The number of hydrogen-bond acceptors (Lipinski definition) is 3. The molecule has 96 valence electrons. The monoisotopic (exact) mass is 245 g/mol. The summed E-state index contributed by atoms with van der Waals surface area (Å²) in [7, 11) is 0. The van der Waals surface area contributed by atoms with E-state index in [0.29, 0.717) is 13.1 Å². The second-order valence-corrected chi connectivity index (χ2v) is 4.32. The van der Waals surface area contributed by atoms with Crippen LogP contribution in [0.4, 0.5) is 0 Å². The first kappa shape index (κ1) is 12.8. The van der Waals surface area contributed by atoms with Crippen molar-refractivity contribution in [2.24, 2.45) is 0 Å². The van der Waals surface area contributed by atoms with Crippen molar-refractivity contribution in [2.75, 3.05) is 13.1 Å². The lowest BCUT2D eigenvalue weighted by molar-refractivity contribution is 0.147. The lowest BCUT2D eigenvalue weighted by Gasteiger charge is -2.11. The van der Waals surface area contributed by atoms with Gasteiger partial charge in [-0.1, -0.05) is 30.3 Å². The summed E-state index contributed by atoms with van der Waals surface area (Å²) in [5, 5.41) is 17.1. The van der Waals surface area contributed by atoms with E-state index in [1.165, 1.54) is 5.56 Å². The van der Waals surface area contributed by atoms with Crippen LogP contribution in [0.1, 0.15) is 5.56 Å². The Labute approximate surface area is 107 Å². The van der Waals surface area contributed by atoms with Crippen LogP contribution >= 0.6 is 0 Å². The molecule has 1 heterocycles. The number of hydrogen-bond donors (Lipinski definition) is 2. The molecular weight excluding hydrogens is 226 g/mol. The molecule has 2 rings (SSSR count). The van der Waals surface area contributed by atoms with E-state index in [9.17, 15) is 5.11 Å². The average Bonchev–Trinajstić information content (AvgIpc) is 2.89. The Balaban J connectivity index is 1.60. The van der Waals surface area contributed by atoms with Crippen molar-refractivity contribution < 1.29 is 5.11 Å². The van der Waals surface area contributed by atoms with Crippen LogP contribution in [0.2, 0.25) is 0 Å². The van der Waals surface area contributed by atoms with Gasteiger partial charge in [0, 0.05) is 18.9 Å². The molecule has 0 amide bonds. The minimum atomic E-state index is -0.402. The second-order valence-electron chi connectivity index (χ2n) is 4.32. The van der Waals surface area contributed by atoms with E-state index >= 15 is 0 Å². The molecule has 0 saturated heterocycles. The fourth-order valence-corrected chi connectivity index (χ4v) is 1.83. The van der Waals surface area contributed by atoms with Gasteiger partial charge in [0.1, 0.15) is 0 Å². The number of aromatic nitrogens is 2. The SMILES string of the molecule is OC(CNCCc1ccccc1)Cn1cccn1. The zero-order valence-electron chi connectivity index (χ0n) is 10.4. The van der Waals surface area contributed by atoms with Crippen LogP contribution in [0.15, 0.2) is 48.8 Å². The van der Waals surface area contributed by atoms with Gasteiger partial charge in [-0.05, 0) is 24.6 Å². The fraction of sp³-hybridized carbons (Fsp3) is 0.357. The molecule has 2 N–H and O–H groups in total. The van der Waals surface area contributed by atoms with E-state index in [1.807, 2.05) is 30.5 Å². The predicted molar refractivity (Wildman–Crippen MR) is 71.2 cm³/mol. The highest BCUT2D eigenvalue weighted by Crippen LogP contribution is 1.98. The highest BCUT2D eigenvalue weighted by molar-refractivity contribution is 5.14. The highest BCUT2D eigenvalue weighted by atomic mass is 16.3. The van der Waals surface area contributed by atoms with Crippen molar-refractivity contribution in [1.29, 1.82) is 0 Å². The van der Waals surface area contributed by atoms with Gasteiger partial charge >= 0.3 is 0 Å². The van der Waals surface area contributed by atoms with E-state index < -0.39 is 6.10 Å². The van der Waals surface area contributed by atoms with Crippen LogP contribution in [0.5, 0.6) is 0 Å². The van der Waals surface area contributed by atoms with Crippen molar-refractivity contribution in [2.45, 2.75) is 19.1 Å². The maximum Gasteiger partial charge on any atom is 0.0860 e. The summed E-state index contributed by atoms with van der Waals surface area (Å²) in [6.45, 7) is 2.00. The summed E-state index contributed by atoms with van der Waals surface area (Å²) in [4.78, 5) is 0. The van der Waals surface area contributed by atoms with Crippen LogP contribution in [0, 0.1) is 0 Å². The van der Waals surface area contributed by atoms with Crippen molar-refractivity contribution >= 4 is 0 Å². The minimum absolute atomic E-state index is 0.402. The number of nitrogens with zero attached hydrogens (tertiary/aromatic N) is 2. The Morgan fingerprint density at radius 1 is 1.22 bits per heavy atom. The summed E-state index contributed by atoms with van der Waals surface area (Å²) in [6.07, 6.45) is 4.15. The van der Waals surface area contributed by atoms with Crippen LogP contribution in [-0.2, 0) is 13.0 Å². The molecule has 2 aromatic rings. The normalized spacial score (nSPS) is 12.5. The molecule has 0 fully saturated rings.